The summed E-state index contributed by atoms with van der Waals surface area (Å²) in [5.74, 6) is -1.27. The zero-order chi connectivity index (χ0) is 10.9. The van der Waals surface area contributed by atoms with Crippen molar-refractivity contribution in [1.29, 1.82) is 0 Å². The number of aromatic nitrogens is 2. The Bertz CT molecular complexity index is 447. The van der Waals surface area contributed by atoms with Gasteiger partial charge in [-0.2, -0.15) is 12.7 Å². The molecule has 1 aromatic heterocycles. The molecule has 0 aliphatic carbocycles. The van der Waals surface area contributed by atoms with Crippen molar-refractivity contribution in [3.8, 4) is 0 Å². The molecule has 0 unspecified atom stereocenters. The summed E-state index contributed by atoms with van der Waals surface area (Å²) < 4.78 is 24.6. The molecule has 0 aliphatic heterocycles. The van der Waals surface area contributed by atoms with E-state index in [9.17, 15) is 13.2 Å². The maximum Gasteiger partial charge on any atom is 0.356 e. The van der Waals surface area contributed by atoms with Gasteiger partial charge in [0.25, 0.3) is 0 Å². The molecule has 1 heterocycles. The third-order valence-corrected chi connectivity index (χ3v) is 3.16. The van der Waals surface area contributed by atoms with E-state index in [1.807, 2.05) is 0 Å². The Balaban J connectivity index is 3.16. The van der Waals surface area contributed by atoms with Crippen LogP contribution in [0.2, 0.25) is 0 Å². The summed E-state index contributed by atoms with van der Waals surface area (Å²) >= 11 is 0. The number of nitrogens with zero attached hydrogens (tertiary/aromatic N) is 3. The maximum absolute atomic E-state index is 11.4. The molecule has 0 aliphatic rings. The average Bonchev–Trinajstić information content (AvgIpc) is 2.51. The van der Waals surface area contributed by atoms with Crippen LogP contribution in [0.3, 0.4) is 0 Å². The van der Waals surface area contributed by atoms with E-state index in [0.29, 0.717) is 0 Å². The lowest BCUT2D eigenvalue weighted by atomic mass is 10.5. The summed E-state index contributed by atoms with van der Waals surface area (Å²) in [6.45, 7) is 0. The zero-order valence-corrected chi connectivity index (χ0v) is 8.39. The highest BCUT2D eigenvalue weighted by Gasteiger charge is 2.18. The predicted molar refractivity (Wildman–Crippen MR) is 47.2 cm³/mol. The van der Waals surface area contributed by atoms with Gasteiger partial charge in [-0.25, -0.2) is 13.8 Å². The smallest absolute Gasteiger partial charge is 0.356 e. The van der Waals surface area contributed by atoms with Crippen LogP contribution >= 0.6 is 0 Å². The van der Waals surface area contributed by atoms with E-state index in [-0.39, 0.29) is 5.69 Å². The Hall–Kier alpha value is -1.41. The van der Waals surface area contributed by atoms with Crippen molar-refractivity contribution in [2.75, 3.05) is 14.1 Å². The molecule has 0 radical (unpaired) electrons. The third-order valence-electron chi connectivity index (χ3n) is 1.51. The standard InChI is InChI=1S/C6H9N3O4S/c1-8(2)14(12,13)9-3-5(6(10)11)7-4-9/h3-4H,1-2H3,(H,10,11). The minimum Gasteiger partial charge on any atom is -0.476 e. The molecule has 0 saturated heterocycles. The lowest BCUT2D eigenvalue weighted by molar-refractivity contribution is 0.0691. The van der Waals surface area contributed by atoms with E-state index in [1.54, 1.807) is 0 Å². The first-order valence-electron chi connectivity index (χ1n) is 3.56. The van der Waals surface area contributed by atoms with Crippen molar-refractivity contribution < 1.29 is 18.3 Å². The van der Waals surface area contributed by atoms with Crippen molar-refractivity contribution in [3.63, 3.8) is 0 Å². The Morgan fingerprint density at radius 2 is 2.14 bits per heavy atom. The maximum atomic E-state index is 11.4. The van der Waals surface area contributed by atoms with E-state index >= 15 is 0 Å². The van der Waals surface area contributed by atoms with Crippen LogP contribution in [0, 0.1) is 0 Å². The number of carboxylic acid groups (broad SMARTS) is 1. The topological polar surface area (TPSA) is 92.5 Å². The van der Waals surface area contributed by atoms with E-state index in [1.165, 1.54) is 14.1 Å². The van der Waals surface area contributed by atoms with Crippen molar-refractivity contribution in [1.82, 2.24) is 13.3 Å². The van der Waals surface area contributed by atoms with Gasteiger partial charge in [0.1, 0.15) is 6.33 Å². The fraction of sp³-hybridized carbons (Fsp3) is 0.333. The van der Waals surface area contributed by atoms with Gasteiger partial charge in [0, 0.05) is 14.1 Å². The van der Waals surface area contributed by atoms with Crippen LogP contribution < -0.4 is 0 Å². The molecule has 14 heavy (non-hydrogen) atoms. The summed E-state index contributed by atoms with van der Waals surface area (Å²) in [6, 6.07) is 0. The second-order valence-corrected chi connectivity index (χ2v) is 4.73. The molecule has 0 bridgehead atoms. The summed E-state index contributed by atoms with van der Waals surface area (Å²) in [5.41, 5.74) is -0.310. The molecule has 0 saturated carbocycles. The fourth-order valence-corrected chi connectivity index (χ4v) is 1.51. The van der Waals surface area contributed by atoms with Crippen LogP contribution in [0.4, 0.5) is 0 Å². The lowest BCUT2D eigenvalue weighted by Gasteiger charge is -2.10. The van der Waals surface area contributed by atoms with Crippen LogP contribution in [-0.2, 0) is 10.2 Å². The summed E-state index contributed by atoms with van der Waals surface area (Å²) in [7, 11) is -0.979. The molecule has 0 amide bonds. The SMILES string of the molecule is CN(C)S(=O)(=O)n1cnc(C(=O)O)c1. The number of carboxylic acids is 1. The van der Waals surface area contributed by atoms with Crippen molar-refractivity contribution in [2.45, 2.75) is 0 Å². The molecule has 78 valence electrons. The lowest BCUT2D eigenvalue weighted by Crippen LogP contribution is -2.27. The molecule has 8 heteroatoms. The molecular weight excluding hydrogens is 210 g/mol. The summed E-state index contributed by atoms with van der Waals surface area (Å²) in [4.78, 5) is 13.8. The summed E-state index contributed by atoms with van der Waals surface area (Å²) in [5, 5.41) is 8.52. The number of aromatic carboxylic acids is 1. The Morgan fingerprint density at radius 1 is 1.57 bits per heavy atom. The fourth-order valence-electron chi connectivity index (χ4n) is 0.731. The van der Waals surface area contributed by atoms with Crippen LogP contribution in [0.15, 0.2) is 12.5 Å². The third kappa shape index (κ3) is 1.75. The molecule has 0 fully saturated rings. The highest BCUT2D eigenvalue weighted by molar-refractivity contribution is 7.87. The van der Waals surface area contributed by atoms with Crippen molar-refractivity contribution in [2.24, 2.45) is 0 Å². The van der Waals surface area contributed by atoms with Crippen LogP contribution in [0.25, 0.3) is 0 Å². The molecule has 7 nitrogen and oxygen atoms in total. The quantitative estimate of drug-likeness (QED) is 0.721. The van der Waals surface area contributed by atoms with Gasteiger partial charge in [-0.1, -0.05) is 0 Å². The predicted octanol–water partition coefficient (Wildman–Crippen LogP) is -0.764. The van der Waals surface area contributed by atoms with E-state index < -0.39 is 16.2 Å². The second kappa shape index (κ2) is 3.39. The molecule has 0 aromatic carbocycles. The van der Waals surface area contributed by atoms with Gasteiger partial charge in [0.05, 0.1) is 6.20 Å². The minimum absolute atomic E-state index is 0.310. The number of hydrogen-bond donors (Lipinski definition) is 1. The van der Waals surface area contributed by atoms with Crippen LogP contribution in [0.1, 0.15) is 10.5 Å². The highest BCUT2D eigenvalue weighted by atomic mass is 32.2. The number of carbonyl (C=O) groups is 1. The van der Waals surface area contributed by atoms with Gasteiger partial charge in [0.2, 0.25) is 0 Å². The first-order valence-corrected chi connectivity index (χ1v) is 4.95. The highest BCUT2D eigenvalue weighted by Crippen LogP contribution is 2.03. The first-order chi connectivity index (χ1) is 6.35. The first kappa shape index (κ1) is 10.7. The van der Waals surface area contributed by atoms with Gasteiger partial charge in [-0.15, -0.1) is 0 Å². The molecule has 0 spiro atoms. The molecule has 0 atom stereocenters. The molecule has 1 rings (SSSR count). The largest absolute Gasteiger partial charge is 0.476 e. The van der Waals surface area contributed by atoms with Crippen molar-refractivity contribution >= 4 is 16.2 Å². The van der Waals surface area contributed by atoms with E-state index in [4.69, 9.17) is 5.11 Å². The van der Waals surface area contributed by atoms with Gasteiger partial charge in [0.15, 0.2) is 5.69 Å². The van der Waals surface area contributed by atoms with Crippen molar-refractivity contribution in [3.05, 3.63) is 18.2 Å². The number of hydrogen-bond acceptors (Lipinski definition) is 4. The minimum atomic E-state index is -3.67. The zero-order valence-electron chi connectivity index (χ0n) is 7.58. The summed E-state index contributed by atoms with van der Waals surface area (Å²) in [6.07, 6.45) is 1.89. The molecule has 1 N–H and O–H groups in total. The number of rotatable bonds is 3. The Kier molecular flexibility index (Phi) is 2.58. The van der Waals surface area contributed by atoms with Gasteiger partial charge >= 0.3 is 16.2 Å². The van der Waals surface area contributed by atoms with E-state index in [2.05, 4.69) is 4.98 Å². The number of imidazole rings is 1. The molecular formula is C6H9N3O4S. The van der Waals surface area contributed by atoms with Gasteiger partial charge in [-0.05, 0) is 0 Å². The van der Waals surface area contributed by atoms with Crippen LogP contribution in [0.5, 0.6) is 0 Å². The average molecular weight is 219 g/mol. The Morgan fingerprint density at radius 3 is 2.50 bits per heavy atom. The van der Waals surface area contributed by atoms with Crippen LogP contribution in [-0.4, -0.2) is 46.9 Å². The normalized spacial score (nSPS) is 11.9. The van der Waals surface area contributed by atoms with E-state index in [0.717, 1.165) is 20.8 Å². The monoisotopic (exact) mass is 219 g/mol. The second-order valence-electron chi connectivity index (χ2n) is 2.68. The Labute approximate surface area is 80.8 Å². The van der Waals surface area contributed by atoms with Gasteiger partial charge < -0.3 is 5.11 Å². The van der Waals surface area contributed by atoms with Gasteiger partial charge in [-0.3, -0.25) is 0 Å². The molecule has 1 aromatic rings.